The zero-order valence-corrected chi connectivity index (χ0v) is 13.2. The average molecular weight is 350 g/mol. The minimum atomic E-state index is -0.206. The fourth-order valence-electron chi connectivity index (χ4n) is 1.66. The van der Waals surface area contributed by atoms with Crippen molar-refractivity contribution in [2.45, 2.75) is 0 Å². The molecule has 0 aliphatic heterocycles. The average Bonchev–Trinajstić information content (AvgIpc) is 2.50. The number of nitrogens with one attached hydrogen (secondary N) is 2. The molecule has 0 atom stereocenters. The Bertz CT molecular complexity index is 585. The Morgan fingerprint density at radius 2 is 1.90 bits per heavy atom. The Balaban J connectivity index is 1.95. The van der Waals surface area contributed by atoms with E-state index in [4.69, 9.17) is 4.74 Å². The molecule has 0 fully saturated rings. The van der Waals surface area contributed by atoms with Gasteiger partial charge in [0.2, 0.25) is 0 Å². The van der Waals surface area contributed by atoms with Crippen molar-refractivity contribution in [3.8, 4) is 0 Å². The van der Waals surface area contributed by atoms with Crippen LogP contribution < -0.4 is 10.6 Å². The maximum Gasteiger partial charge on any atom is 0.269 e. The minimum Gasteiger partial charge on any atom is -0.383 e. The third-order valence-electron chi connectivity index (χ3n) is 2.72. The van der Waals surface area contributed by atoms with E-state index in [1.807, 2.05) is 30.3 Å². The van der Waals surface area contributed by atoms with E-state index in [0.717, 1.165) is 15.8 Å². The number of halogens is 1. The highest BCUT2D eigenvalue weighted by atomic mass is 79.9. The number of hydrogen-bond acceptors (Lipinski definition) is 4. The molecule has 6 heteroatoms. The number of ether oxygens (including phenoxy) is 1. The molecule has 0 aliphatic rings. The number of nitrogens with zero attached hydrogens (tertiary/aromatic N) is 1. The van der Waals surface area contributed by atoms with Crippen molar-refractivity contribution in [3.05, 3.63) is 52.8 Å². The number of pyridine rings is 1. The van der Waals surface area contributed by atoms with Gasteiger partial charge in [-0.1, -0.05) is 15.9 Å². The van der Waals surface area contributed by atoms with E-state index >= 15 is 0 Å². The predicted molar refractivity (Wildman–Crippen MR) is 85.9 cm³/mol. The van der Waals surface area contributed by atoms with Gasteiger partial charge >= 0.3 is 0 Å². The summed E-state index contributed by atoms with van der Waals surface area (Å²) in [6, 6.07) is 11.3. The first-order valence-electron chi connectivity index (χ1n) is 6.45. The highest BCUT2D eigenvalue weighted by Gasteiger charge is 2.06. The number of carbonyl (C=O) groups excluding carboxylic acids is 1. The number of methoxy groups -OCH3 is 1. The quantitative estimate of drug-likeness (QED) is 0.787. The molecular formula is C15H16BrN3O2. The van der Waals surface area contributed by atoms with E-state index < -0.39 is 0 Å². The molecule has 2 N–H and O–H groups in total. The summed E-state index contributed by atoms with van der Waals surface area (Å²) in [7, 11) is 1.59. The first-order valence-corrected chi connectivity index (χ1v) is 7.24. The van der Waals surface area contributed by atoms with Gasteiger partial charge in [-0.15, -0.1) is 0 Å². The van der Waals surface area contributed by atoms with Gasteiger partial charge in [-0.2, -0.15) is 0 Å². The third kappa shape index (κ3) is 4.84. The largest absolute Gasteiger partial charge is 0.383 e. The molecule has 0 saturated heterocycles. The van der Waals surface area contributed by atoms with E-state index in [1.54, 1.807) is 19.4 Å². The van der Waals surface area contributed by atoms with Gasteiger partial charge in [0.15, 0.2) is 0 Å². The number of carbonyl (C=O) groups is 1. The van der Waals surface area contributed by atoms with Crippen molar-refractivity contribution < 1.29 is 9.53 Å². The second kappa shape index (κ2) is 7.75. The summed E-state index contributed by atoms with van der Waals surface area (Å²) in [6.07, 6.45) is 1.63. The SMILES string of the molecule is COCCNC(=O)c1ccc(Nc2ccc(Br)cc2)cn1. The number of anilines is 2. The number of hydrogen-bond donors (Lipinski definition) is 2. The van der Waals surface area contributed by atoms with Gasteiger partial charge in [-0.05, 0) is 36.4 Å². The van der Waals surface area contributed by atoms with Gasteiger partial charge in [-0.25, -0.2) is 4.98 Å². The van der Waals surface area contributed by atoms with Gasteiger partial charge in [0.1, 0.15) is 5.69 Å². The summed E-state index contributed by atoms with van der Waals surface area (Å²) >= 11 is 3.39. The van der Waals surface area contributed by atoms with E-state index in [-0.39, 0.29) is 5.91 Å². The summed E-state index contributed by atoms with van der Waals surface area (Å²) in [5.41, 5.74) is 2.16. The van der Waals surface area contributed by atoms with Gasteiger partial charge in [0.05, 0.1) is 18.5 Å². The molecule has 0 bridgehead atoms. The second-order valence-corrected chi connectivity index (χ2v) is 5.23. The molecule has 0 unspecified atom stereocenters. The Kier molecular flexibility index (Phi) is 5.71. The Morgan fingerprint density at radius 1 is 1.19 bits per heavy atom. The maximum absolute atomic E-state index is 11.8. The zero-order chi connectivity index (χ0) is 15.1. The smallest absolute Gasteiger partial charge is 0.269 e. The van der Waals surface area contributed by atoms with Crippen LogP contribution in [0.4, 0.5) is 11.4 Å². The van der Waals surface area contributed by atoms with Crippen molar-refractivity contribution in [2.24, 2.45) is 0 Å². The van der Waals surface area contributed by atoms with Crippen LogP contribution in [0.5, 0.6) is 0 Å². The van der Waals surface area contributed by atoms with E-state index in [1.165, 1.54) is 0 Å². The summed E-state index contributed by atoms with van der Waals surface area (Å²) in [5.74, 6) is -0.206. The van der Waals surface area contributed by atoms with Crippen LogP contribution in [0.25, 0.3) is 0 Å². The van der Waals surface area contributed by atoms with E-state index in [2.05, 4.69) is 31.5 Å². The van der Waals surface area contributed by atoms with Crippen molar-refractivity contribution in [1.82, 2.24) is 10.3 Å². The first-order chi connectivity index (χ1) is 10.2. The Hall–Kier alpha value is -1.92. The summed E-state index contributed by atoms with van der Waals surface area (Å²) < 4.78 is 5.90. The monoisotopic (exact) mass is 349 g/mol. The molecule has 110 valence electrons. The third-order valence-corrected chi connectivity index (χ3v) is 3.25. The molecule has 5 nitrogen and oxygen atoms in total. The maximum atomic E-state index is 11.8. The van der Waals surface area contributed by atoms with Crippen LogP contribution in [0.2, 0.25) is 0 Å². The van der Waals surface area contributed by atoms with Gasteiger partial charge in [0.25, 0.3) is 5.91 Å². The molecule has 1 aromatic heterocycles. The Morgan fingerprint density at radius 3 is 2.52 bits per heavy atom. The van der Waals surface area contributed by atoms with Crippen molar-refractivity contribution >= 4 is 33.2 Å². The Labute approximate surface area is 131 Å². The topological polar surface area (TPSA) is 63.2 Å². The first kappa shape index (κ1) is 15.5. The molecule has 0 spiro atoms. The lowest BCUT2D eigenvalue weighted by Crippen LogP contribution is -2.27. The minimum absolute atomic E-state index is 0.206. The lowest BCUT2D eigenvalue weighted by atomic mass is 10.3. The van der Waals surface area contributed by atoms with Crippen LogP contribution in [0.15, 0.2) is 47.1 Å². The fraction of sp³-hybridized carbons (Fsp3) is 0.200. The highest BCUT2D eigenvalue weighted by molar-refractivity contribution is 9.10. The van der Waals surface area contributed by atoms with Crippen LogP contribution in [-0.2, 0) is 4.74 Å². The number of amides is 1. The number of benzene rings is 1. The second-order valence-electron chi connectivity index (χ2n) is 4.31. The van der Waals surface area contributed by atoms with E-state index in [9.17, 15) is 4.79 Å². The zero-order valence-electron chi connectivity index (χ0n) is 11.6. The molecule has 21 heavy (non-hydrogen) atoms. The number of rotatable bonds is 6. The predicted octanol–water partition coefficient (Wildman–Crippen LogP) is 2.96. The fourth-order valence-corrected chi connectivity index (χ4v) is 1.92. The molecule has 1 heterocycles. The van der Waals surface area contributed by atoms with Crippen LogP contribution in [0.1, 0.15) is 10.5 Å². The standard InChI is InChI=1S/C15H16BrN3O2/c1-21-9-8-17-15(20)14-7-6-13(10-18-14)19-12-4-2-11(16)3-5-12/h2-7,10,19H,8-9H2,1H3,(H,17,20). The van der Waals surface area contributed by atoms with Gasteiger partial charge in [0, 0.05) is 23.8 Å². The molecule has 1 amide bonds. The summed E-state index contributed by atoms with van der Waals surface area (Å²) in [5, 5.41) is 5.94. The molecule has 0 saturated carbocycles. The highest BCUT2D eigenvalue weighted by Crippen LogP contribution is 2.18. The van der Waals surface area contributed by atoms with Gasteiger partial charge < -0.3 is 15.4 Å². The molecule has 1 aromatic carbocycles. The molecule has 0 aliphatic carbocycles. The lowest BCUT2D eigenvalue weighted by molar-refractivity contribution is 0.0932. The van der Waals surface area contributed by atoms with Crippen LogP contribution >= 0.6 is 15.9 Å². The van der Waals surface area contributed by atoms with Crippen LogP contribution in [0, 0.1) is 0 Å². The number of aromatic nitrogens is 1. The van der Waals surface area contributed by atoms with Crippen molar-refractivity contribution in [3.63, 3.8) is 0 Å². The summed E-state index contributed by atoms with van der Waals surface area (Å²) in [4.78, 5) is 15.9. The van der Waals surface area contributed by atoms with Crippen molar-refractivity contribution in [2.75, 3.05) is 25.6 Å². The summed E-state index contributed by atoms with van der Waals surface area (Å²) in [6.45, 7) is 0.949. The molecule has 2 rings (SSSR count). The molecule has 2 aromatic rings. The van der Waals surface area contributed by atoms with Gasteiger partial charge in [-0.3, -0.25) is 4.79 Å². The normalized spacial score (nSPS) is 10.2. The molecule has 0 radical (unpaired) electrons. The van der Waals surface area contributed by atoms with Crippen LogP contribution in [0.3, 0.4) is 0 Å². The van der Waals surface area contributed by atoms with Crippen molar-refractivity contribution in [1.29, 1.82) is 0 Å². The van der Waals surface area contributed by atoms with E-state index in [0.29, 0.717) is 18.8 Å². The lowest BCUT2D eigenvalue weighted by Gasteiger charge is -2.07. The van der Waals surface area contributed by atoms with Crippen LogP contribution in [-0.4, -0.2) is 31.2 Å². The molecular weight excluding hydrogens is 334 g/mol.